The molecule has 1 aliphatic carbocycles. The van der Waals surface area contributed by atoms with Gasteiger partial charge in [0.25, 0.3) is 10.0 Å². The first-order valence-electron chi connectivity index (χ1n) is 15.1. The highest BCUT2D eigenvalue weighted by molar-refractivity contribution is 7.93. The van der Waals surface area contributed by atoms with Crippen molar-refractivity contribution in [1.29, 1.82) is 0 Å². The van der Waals surface area contributed by atoms with E-state index in [9.17, 15) is 8.42 Å². The predicted octanol–water partition coefficient (Wildman–Crippen LogP) is 6.68. The number of hydrogen-bond acceptors (Lipinski definition) is 6. The lowest BCUT2D eigenvalue weighted by Crippen LogP contribution is -2.22. The molecule has 1 fully saturated rings. The van der Waals surface area contributed by atoms with Crippen molar-refractivity contribution in [2.24, 2.45) is 0 Å². The fraction of sp³-hybridized carbons (Fsp3) is 0.257. The van der Waals surface area contributed by atoms with Gasteiger partial charge in [0.1, 0.15) is 0 Å². The molecule has 0 saturated carbocycles. The molecule has 43 heavy (non-hydrogen) atoms. The summed E-state index contributed by atoms with van der Waals surface area (Å²) in [5, 5.41) is 5.03. The molecule has 8 heteroatoms. The van der Waals surface area contributed by atoms with Crippen molar-refractivity contribution in [2.75, 3.05) is 36.2 Å². The molecule has 0 spiro atoms. The van der Waals surface area contributed by atoms with Gasteiger partial charge in [0.15, 0.2) is 0 Å². The Hall–Kier alpha value is -4.27. The number of fused-ring (bicyclic) bond motifs is 4. The lowest BCUT2D eigenvalue weighted by Gasteiger charge is -2.27. The summed E-state index contributed by atoms with van der Waals surface area (Å²) in [7, 11) is -3.76. The molecule has 5 aromatic rings. The van der Waals surface area contributed by atoms with Gasteiger partial charge in [-0.3, -0.25) is 4.72 Å². The van der Waals surface area contributed by atoms with Gasteiger partial charge >= 0.3 is 0 Å². The molecule has 0 radical (unpaired) electrons. The second-order valence-corrected chi connectivity index (χ2v) is 13.1. The Labute approximate surface area is 253 Å². The van der Waals surface area contributed by atoms with E-state index in [1.807, 2.05) is 60.8 Å². The van der Waals surface area contributed by atoms with E-state index in [0.29, 0.717) is 17.0 Å². The normalized spacial score (nSPS) is 16.5. The summed E-state index contributed by atoms with van der Waals surface area (Å²) in [4.78, 5) is 12.4. The van der Waals surface area contributed by atoms with E-state index < -0.39 is 10.0 Å². The summed E-state index contributed by atoms with van der Waals surface area (Å²) in [5.41, 5.74) is 6.10. The van der Waals surface area contributed by atoms with E-state index in [4.69, 9.17) is 4.98 Å². The number of benzene rings is 4. The van der Waals surface area contributed by atoms with Crippen LogP contribution in [0, 0.1) is 0 Å². The SMILES string of the molecule is O=S(=O)(Nc1ccc(C2Cc3cnc(NCCCN4CCCC4)nc3-c3ccccc32)cc1)c1cccc2ccccc12. The van der Waals surface area contributed by atoms with Crippen LogP contribution in [-0.2, 0) is 16.4 Å². The number of aromatic nitrogens is 2. The maximum absolute atomic E-state index is 13.3. The van der Waals surface area contributed by atoms with Crippen LogP contribution in [-0.4, -0.2) is 49.5 Å². The highest BCUT2D eigenvalue weighted by Crippen LogP contribution is 2.42. The molecule has 4 aromatic carbocycles. The summed E-state index contributed by atoms with van der Waals surface area (Å²) < 4.78 is 29.5. The van der Waals surface area contributed by atoms with Crippen LogP contribution in [0.3, 0.4) is 0 Å². The lowest BCUT2D eigenvalue weighted by molar-refractivity contribution is 0.337. The van der Waals surface area contributed by atoms with Crippen molar-refractivity contribution in [3.63, 3.8) is 0 Å². The zero-order valence-electron chi connectivity index (χ0n) is 24.0. The maximum atomic E-state index is 13.3. The minimum absolute atomic E-state index is 0.121. The third kappa shape index (κ3) is 5.72. The molecule has 1 saturated heterocycles. The standard InChI is InChI=1S/C35H35N5O2S/c41-43(42,33-14-7-10-25-9-1-2-11-29(25)33)39-28-17-15-26(16-18-28)32-23-27-24-37-35(36-19-8-22-40-20-5-6-21-40)38-34(27)31-13-4-3-12-30(31)32/h1-4,7,9-18,24,32,39H,5-6,8,19-23H2,(H,36,37,38). The minimum Gasteiger partial charge on any atom is -0.354 e. The summed E-state index contributed by atoms with van der Waals surface area (Å²) >= 11 is 0. The highest BCUT2D eigenvalue weighted by Gasteiger charge is 2.27. The summed E-state index contributed by atoms with van der Waals surface area (Å²) in [5.74, 6) is 0.798. The smallest absolute Gasteiger partial charge is 0.262 e. The van der Waals surface area contributed by atoms with Gasteiger partial charge in [-0.15, -0.1) is 0 Å². The Morgan fingerprint density at radius 2 is 1.63 bits per heavy atom. The van der Waals surface area contributed by atoms with Crippen LogP contribution in [0.2, 0.25) is 0 Å². The third-order valence-electron chi connectivity index (χ3n) is 8.62. The molecule has 2 heterocycles. The first kappa shape index (κ1) is 27.6. The molecule has 1 atom stereocenters. The van der Waals surface area contributed by atoms with Crippen molar-refractivity contribution in [3.05, 3.63) is 114 Å². The Bertz CT molecular complexity index is 1860. The van der Waals surface area contributed by atoms with E-state index >= 15 is 0 Å². The third-order valence-corrected chi connectivity index (χ3v) is 10.1. The van der Waals surface area contributed by atoms with Gasteiger partial charge in [0.05, 0.1) is 10.6 Å². The Balaban J connectivity index is 1.08. The molecule has 2 N–H and O–H groups in total. The van der Waals surface area contributed by atoms with Crippen molar-refractivity contribution in [2.45, 2.75) is 36.5 Å². The summed E-state index contributed by atoms with van der Waals surface area (Å²) in [6.07, 6.45) is 6.45. The number of likely N-dealkylation sites (tertiary alicyclic amines) is 1. The fourth-order valence-corrected chi connectivity index (χ4v) is 7.74. The zero-order chi connectivity index (χ0) is 29.2. The average Bonchev–Trinajstić information content (AvgIpc) is 3.56. The van der Waals surface area contributed by atoms with Gasteiger partial charge < -0.3 is 10.2 Å². The Morgan fingerprint density at radius 1 is 0.860 bits per heavy atom. The summed E-state index contributed by atoms with van der Waals surface area (Å²) in [6, 6.07) is 29.0. The Morgan fingerprint density at radius 3 is 2.49 bits per heavy atom. The fourth-order valence-electron chi connectivity index (χ4n) is 6.45. The van der Waals surface area contributed by atoms with Gasteiger partial charge in [0.2, 0.25) is 5.95 Å². The quantitative estimate of drug-likeness (QED) is 0.187. The van der Waals surface area contributed by atoms with Crippen LogP contribution < -0.4 is 10.0 Å². The molecule has 7 rings (SSSR count). The maximum Gasteiger partial charge on any atom is 0.262 e. The molecule has 2 aliphatic rings. The average molecular weight is 590 g/mol. The number of nitrogens with zero attached hydrogens (tertiary/aromatic N) is 3. The van der Waals surface area contributed by atoms with Crippen molar-refractivity contribution < 1.29 is 8.42 Å². The molecule has 0 amide bonds. The first-order chi connectivity index (χ1) is 21.0. The molecule has 218 valence electrons. The largest absolute Gasteiger partial charge is 0.354 e. The van der Waals surface area contributed by atoms with Gasteiger partial charge in [0, 0.05) is 35.3 Å². The van der Waals surface area contributed by atoms with Crippen molar-refractivity contribution in [3.8, 4) is 11.3 Å². The van der Waals surface area contributed by atoms with Crippen LogP contribution in [0.15, 0.2) is 102 Å². The second-order valence-electron chi connectivity index (χ2n) is 11.4. The van der Waals surface area contributed by atoms with E-state index in [1.54, 1.807) is 12.1 Å². The van der Waals surface area contributed by atoms with Crippen LogP contribution in [0.1, 0.15) is 41.9 Å². The van der Waals surface area contributed by atoms with E-state index in [0.717, 1.165) is 53.7 Å². The summed E-state index contributed by atoms with van der Waals surface area (Å²) in [6.45, 7) is 4.41. The number of rotatable bonds is 9. The Kier molecular flexibility index (Phi) is 7.55. The second kappa shape index (κ2) is 11.8. The van der Waals surface area contributed by atoms with Crippen molar-refractivity contribution >= 4 is 32.4 Å². The zero-order valence-corrected chi connectivity index (χ0v) is 24.9. The topological polar surface area (TPSA) is 87.2 Å². The van der Waals surface area contributed by atoms with Gasteiger partial charge in [-0.25, -0.2) is 18.4 Å². The number of anilines is 2. The molecular formula is C35H35N5O2S. The molecular weight excluding hydrogens is 554 g/mol. The monoisotopic (exact) mass is 589 g/mol. The van der Waals surface area contributed by atoms with Crippen LogP contribution >= 0.6 is 0 Å². The van der Waals surface area contributed by atoms with Crippen LogP contribution in [0.5, 0.6) is 0 Å². The number of sulfonamides is 1. The predicted molar refractivity (Wildman–Crippen MR) is 173 cm³/mol. The number of hydrogen-bond donors (Lipinski definition) is 2. The molecule has 1 aromatic heterocycles. The van der Waals surface area contributed by atoms with Gasteiger partial charge in [-0.05, 0) is 85.6 Å². The lowest BCUT2D eigenvalue weighted by atomic mass is 9.78. The van der Waals surface area contributed by atoms with Crippen molar-refractivity contribution in [1.82, 2.24) is 14.9 Å². The highest BCUT2D eigenvalue weighted by atomic mass is 32.2. The van der Waals surface area contributed by atoms with Crippen LogP contribution in [0.4, 0.5) is 11.6 Å². The number of nitrogens with one attached hydrogen (secondary N) is 2. The minimum atomic E-state index is -3.76. The molecule has 7 nitrogen and oxygen atoms in total. The van der Waals surface area contributed by atoms with E-state index in [-0.39, 0.29) is 10.8 Å². The van der Waals surface area contributed by atoms with E-state index in [1.165, 1.54) is 31.5 Å². The molecule has 1 unspecified atom stereocenters. The van der Waals surface area contributed by atoms with Crippen LogP contribution in [0.25, 0.3) is 22.0 Å². The molecule has 0 bridgehead atoms. The van der Waals surface area contributed by atoms with Gasteiger partial charge in [-0.1, -0.05) is 72.8 Å². The van der Waals surface area contributed by atoms with E-state index in [2.05, 4.69) is 44.2 Å². The molecule has 1 aliphatic heterocycles. The first-order valence-corrected chi connectivity index (χ1v) is 16.6. The van der Waals surface area contributed by atoms with Gasteiger partial charge in [-0.2, -0.15) is 0 Å².